The maximum Gasteiger partial charge on any atom is 0.266 e. The highest BCUT2D eigenvalue weighted by atomic mass is 16.5. The smallest absolute Gasteiger partial charge is 0.266 e. The number of carbonyl (C=O) groups excluding carboxylic acids is 1. The Kier molecular flexibility index (Phi) is 4.07. The first-order valence-electron chi connectivity index (χ1n) is 6.36. The summed E-state index contributed by atoms with van der Waals surface area (Å²) in [5.41, 5.74) is 7.87. The number of nitrogens with zero attached hydrogens (tertiary/aromatic N) is 1. The molecule has 0 saturated heterocycles. The van der Waals surface area contributed by atoms with Crippen LogP contribution in [0.25, 0.3) is 0 Å². The van der Waals surface area contributed by atoms with Crippen molar-refractivity contribution in [1.29, 1.82) is 0 Å². The number of amides is 1. The van der Waals surface area contributed by atoms with Gasteiger partial charge in [0.25, 0.3) is 5.91 Å². The zero-order chi connectivity index (χ0) is 14.0. The number of fused-ring (bicyclic) bond motifs is 1. The summed E-state index contributed by atoms with van der Waals surface area (Å²) in [5, 5.41) is 0. The highest BCUT2D eigenvalue weighted by Crippen LogP contribution is 2.35. The highest BCUT2D eigenvalue weighted by molar-refractivity contribution is 5.97. The molecule has 5 nitrogen and oxygen atoms in total. The number of nitrogens with two attached hydrogens (primary N) is 1. The van der Waals surface area contributed by atoms with Crippen LogP contribution in [0.1, 0.15) is 25.5 Å². The molecule has 1 heterocycles. The Hall–Kier alpha value is -1.59. The van der Waals surface area contributed by atoms with Crippen molar-refractivity contribution in [2.75, 3.05) is 25.3 Å². The lowest BCUT2D eigenvalue weighted by Crippen LogP contribution is -2.40. The van der Waals surface area contributed by atoms with Crippen LogP contribution in [0.5, 0.6) is 5.75 Å². The van der Waals surface area contributed by atoms with E-state index in [0.29, 0.717) is 11.7 Å². The lowest BCUT2D eigenvalue weighted by Gasteiger charge is -2.30. The molecule has 0 fully saturated rings. The fourth-order valence-corrected chi connectivity index (χ4v) is 2.08. The van der Waals surface area contributed by atoms with E-state index in [0.717, 1.165) is 11.3 Å². The molecule has 2 rings (SSSR count). The second-order valence-electron chi connectivity index (χ2n) is 5.03. The summed E-state index contributed by atoms with van der Waals surface area (Å²) < 4.78 is 10.5. The van der Waals surface area contributed by atoms with Crippen LogP contribution in [0, 0.1) is 5.92 Å². The summed E-state index contributed by atoms with van der Waals surface area (Å²) in [6.45, 7) is 4.40. The lowest BCUT2D eigenvalue weighted by molar-refractivity contribution is -0.122. The van der Waals surface area contributed by atoms with Crippen LogP contribution in [0.4, 0.5) is 5.69 Å². The van der Waals surface area contributed by atoms with Crippen LogP contribution in [0.15, 0.2) is 18.2 Å². The van der Waals surface area contributed by atoms with E-state index < -0.39 is 0 Å². The van der Waals surface area contributed by atoms with Gasteiger partial charge in [0.2, 0.25) is 0 Å². The van der Waals surface area contributed by atoms with Gasteiger partial charge in [0, 0.05) is 13.2 Å². The Morgan fingerprint density at radius 2 is 2.21 bits per heavy atom. The van der Waals surface area contributed by atoms with E-state index in [2.05, 4.69) is 13.8 Å². The molecule has 0 aromatic heterocycles. The van der Waals surface area contributed by atoms with Gasteiger partial charge < -0.3 is 15.2 Å². The van der Waals surface area contributed by atoms with Gasteiger partial charge in [-0.25, -0.2) is 0 Å². The fourth-order valence-electron chi connectivity index (χ4n) is 2.08. The topological polar surface area (TPSA) is 64.8 Å². The molecule has 104 valence electrons. The van der Waals surface area contributed by atoms with Crippen molar-refractivity contribution < 1.29 is 14.3 Å². The molecule has 0 radical (unpaired) electrons. The van der Waals surface area contributed by atoms with E-state index in [1.807, 2.05) is 18.2 Å². The second-order valence-corrected chi connectivity index (χ2v) is 5.03. The molecule has 0 aliphatic carbocycles. The number of anilines is 1. The van der Waals surface area contributed by atoms with Crippen LogP contribution in [0.3, 0.4) is 0 Å². The van der Waals surface area contributed by atoms with Gasteiger partial charge >= 0.3 is 0 Å². The van der Waals surface area contributed by atoms with Crippen LogP contribution in [-0.4, -0.2) is 26.4 Å². The predicted molar refractivity (Wildman–Crippen MR) is 73.1 cm³/mol. The maximum atomic E-state index is 11.9. The molecule has 1 aliphatic heterocycles. The molecule has 1 aromatic carbocycles. The van der Waals surface area contributed by atoms with Crippen molar-refractivity contribution in [2.24, 2.45) is 11.7 Å². The van der Waals surface area contributed by atoms with E-state index in [1.165, 1.54) is 0 Å². The molecular weight excluding hydrogens is 244 g/mol. The third-order valence-electron chi connectivity index (χ3n) is 3.29. The van der Waals surface area contributed by atoms with Crippen LogP contribution in [0.2, 0.25) is 0 Å². The van der Waals surface area contributed by atoms with Crippen molar-refractivity contribution in [2.45, 2.75) is 19.9 Å². The van der Waals surface area contributed by atoms with Crippen molar-refractivity contribution in [1.82, 2.24) is 0 Å². The van der Waals surface area contributed by atoms with Crippen molar-refractivity contribution in [3.63, 3.8) is 0 Å². The third kappa shape index (κ3) is 2.72. The molecule has 1 unspecified atom stereocenters. The summed E-state index contributed by atoms with van der Waals surface area (Å²) in [5.74, 6) is 0.912. The first kappa shape index (κ1) is 13.8. The number of hydrogen-bond donors (Lipinski definition) is 1. The highest BCUT2D eigenvalue weighted by Gasteiger charge is 2.26. The first-order chi connectivity index (χ1) is 9.04. The van der Waals surface area contributed by atoms with Crippen LogP contribution >= 0.6 is 0 Å². The zero-order valence-electron chi connectivity index (χ0n) is 11.6. The maximum absolute atomic E-state index is 11.9. The monoisotopic (exact) mass is 264 g/mol. The van der Waals surface area contributed by atoms with Crippen LogP contribution in [-0.2, 0) is 9.53 Å². The Morgan fingerprint density at radius 3 is 2.84 bits per heavy atom. The average molecular weight is 264 g/mol. The Bertz CT molecular complexity index is 474. The van der Waals surface area contributed by atoms with Crippen molar-refractivity contribution >= 4 is 11.6 Å². The summed E-state index contributed by atoms with van der Waals surface area (Å²) in [6, 6.07) is 5.66. The van der Waals surface area contributed by atoms with Crippen LogP contribution < -0.4 is 15.4 Å². The predicted octanol–water partition coefficient (Wildman–Crippen LogP) is 1.67. The van der Waals surface area contributed by atoms with E-state index in [-0.39, 0.29) is 25.3 Å². The minimum Gasteiger partial charge on any atom is -0.482 e. The van der Waals surface area contributed by atoms with Gasteiger partial charge in [0.05, 0.1) is 5.69 Å². The molecule has 0 saturated carbocycles. The number of hydrogen-bond acceptors (Lipinski definition) is 4. The normalized spacial score (nSPS) is 16.3. The van der Waals surface area contributed by atoms with Gasteiger partial charge in [-0.05, 0) is 23.6 Å². The quantitative estimate of drug-likeness (QED) is 0.898. The largest absolute Gasteiger partial charge is 0.482 e. The van der Waals surface area contributed by atoms with E-state index in [9.17, 15) is 4.79 Å². The number of benzene rings is 1. The van der Waals surface area contributed by atoms with Gasteiger partial charge in [0.1, 0.15) is 12.5 Å². The summed E-state index contributed by atoms with van der Waals surface area (Å²) in [6.07, 6.45) is 0. The first-order valence-corrected chi connectivity index (χ1v) is 6.36. The fraction of sp³-hybridized carbons (Fsp3) is 0.500. The molecule has 19 heavy (non-hydrogen) atoms. The standard InChI is InChI=1S/C14H20N2O3/c1-9(2)14(15)10-4-5-12-11(6-10)16(8-18-3)13(17)7-19-12/h4-6,9,14H,7-8,15H2,1-3H3. The van der Waals surface area contributed by atoms with E-state index >= 15 is 0 Å². The summed E-state index contributed by atoms with van der Waals surface area (Å²) >= 11 is 0. The summed E-state index contributed by atoms with van der Waals surface area (Å²) in [4.78, 5) is 13.4. The molecule has 0 bridgehead atoms. The van der Waals surface area contributed by atoms with Gasteiger partial charge in [0.15, 0.2) is 6.61 Å². The third-order valence-corrected chi connectivity index (χ3v) is 3.29. The van der Waals surface area contributed by atoms with Gasteiger partial charge in [-0.2, -0.15) is 0 Å². The van der Waals surface area contributed by atoms with E-state index in [1.54, 1.807) is 12.0 Å². The SMILES string of the molecule is COCN1C(=O)COc2ccc(C(N)C(C)C)cc21. The molecule has 1 aliphatic rings. The Balaban J connectivity index is 2.38. The van der Waals surface area contributed by atoms with E-state index in [4.69, 9.17) is 15.2 Å². The van der Waals surface area contributed by atoms with Crippen molar-refractivity contribution in [3.8, 4) is 5.75 Å². The lowest BCUT2D eigenvalue weighted by atomic mass is 9.96. The number of methoxy groups -OCH3 is 1. The molecule has 2 N–H and O–H groups in total. The molecule has 1 amide bonds. The van der Waals surface area contributed by atoms with Gasteiger partial charge in [-0.3, -0.25) is 9.69 Å². The molecular formula is C14H20N2O3. The number of rotatable bonds is 4. The number of ether oxygens (including phenoxy) is 2. The van der Waals surface area contributed by atoms with Gasteiger partial charge in [-0.15, -0.1) is 0 Å². The average Bonchev–Trinajstić information content (AvgIpc) is 2.40. The van der Waals surface area contributed by atoms with Crippen molar-refractivity contribution in [3.05, 3.63) is 23.8 Å². The molecule has 1 atom stereocenters. The second kappa shape index (κ2) is 5.59. The number of carbonyl (C=O) groups is 1. The summed E-state index contributed by atoms with van der Waals surface area (Å²) in [7, 11) is 1.56. The Morgan fingerprint density at radius 1 is 1.47 bits per heavy atom. The molecule has 5 heteroatoms. The molecule has 0 spiro atoms. The minimum atomic E-state index is -0.107. The van der Waals surface area contributed by atoms with Gasteiger partial charge in [-0.1, -0.05) is 19.9 Å². The zero-order valence-corrected chi connectivity index (χ0v) is 11.6. The minimum absolute atomic E-state index is 0.0476. The Labute approximate surface area is 113 Å². The molecule has 1 aromatic rings.